The zero-order valence-corrected chi connectivity index (χ0v) is 17.4. The summed E-state index contributed by atoms with van der Waals surface area (Å²) in [5.41, 5.74) is 9.04. The molecule has 0 saturated carbocycles. The third-order valence-electron chi connectivity index (χ3n) is 6.38. The summed E-state index contributed by atoms with van der Waals surface area (Å²) in [5, 5.41) is 14.1. The van der Waals surface area contributed by atoms with Gasteiger partial charge in [0, 0.05) is 5.56 Å². The van der Waals surface area contributed by atoms with Crippen LogP contribution in [0.15, 0.2) is 43.0 Å². The number of benzene rings is 2. The zero-order chi connectivity index (χ0) is 20.1. The van der Waals surface area contributed by atoms with Crippen LogP contribution < -0.4 is 0 Å². The summed E-state index contributed by atoms with van der Waals surface area (Å²) in [7, 11) is 0. The lowest BCUT2D eigenvalue weighted by Crippen LogP contribution is -2.34. The van der Waals surface area contributed by atoms with E-state index in [0.717, 1.165) is 16.7 Å². The van der Waals surface area contributed by atoms with E-state index < -0.39 is 0 Å². The second kappa shape index (κ2) is 6.40. The molecule has 28 heavy (non-hydrogen) atoms. The van der Waals surface area contributed by atoms with Gasteiger partial charge in [-0.1, -0.05) is 70.7 Å². The van der Waals surface area contributed by atoms with Crippen molar-refractivity contribution in [1.29, 1.82) is 0 Å². The Hall–Kier alpha value is -2.75. The molecule has 0 radical (unpaired) electrons. The van der Waals surface area contributed by atoms with Crippen LogP contribution in [0.4, 0.5) is 0 Å². The number of tetrazole rings is 1. The van der Waals surface area contributed by atoms with Crippen molar-refractivity contribution in [2.24, 2.45) is 0 Å². The van der Waals surface area contributed by atoms with E-state index in [9.17, 15) is 0 Å². The monoisotopic (exact) mass is 372 g/mol. The first-order valence-corrected chi connectivity index (χ1v) is 9.88. The van der Waals surface area contributed by atoms with Crippen LogP contribution in [-0.2, 0) is 10.8 Å². The van der Waals surface area contributed by atoms with Crippen molar-refractivity contribution < 1.29 is 0 Å². The summed E-state index contributed by atoms with van der Waals surface area (Å²) in [6, 6.07) is 13.0. The van der Waals surface area contributed by atoms with E-state index in [1.54, 1.807) is 0 Å². The fourth-order valence-corrected chi connectivity index (χ4v) is 4.31. The quantitative estimate of drug-likeness (QED) is 0.652. The number of fused-ring (bicyclic) bond motifs is 1. The van der Waals surface area contributed by atoms with Gasteiger partial charge >= 0.3 is 0 Å². The van der Waals surface area contributed by atoms with Crippen LogP contribution in [0.2, 0.25) is 0 Å². The summed E-state index contributed by atoms with van der Waals surface area (Å²) in [6.45, 7) is 16.1. The SMILES string of the molecule is C=C(c1ccc(-c2nnn[nH]2)cc1)c1cc2c(cc1C)C(C)(C)CCC2(C)C. The Bertz CT molecular complexity index is 1030. The first-order valence-electron chi connectivity index (χ1n) is 9.88. The Balaban J connectivity index is 1.74. The summed E-state index contributed by atoms with van der Waals surface area (Å²) >= 11 is 0. The van der Waals surface area contributed by atoms with Crippen LogP contribution >= 0.6 is 0 Å². The van der Waals surface area contributed by atoms with Crippen LogP contribution in [0.3, 0.4) is 0 Å². The van der Waals surface area contributed by atoms with Gasteiger partial charge in [-0.3, -0.25) is 0 Å². The van der Waals surface area contributed by atoms with Gasteiger partial charge in [0.1, 0.15) is 0 Å². The fourth-order valence-electron chi connectivity index (χ4n) is 4.31. The van der Waals surface area contributed by atoms with Crippen LogP contribution in [-0.4, -0.2) is 20.6 Å². The minimum atomic E-state index is 0.191. The molecule has 1 heterocycles. The minimum absolute atomic E-state index is 0.191. The predicted octanol–water partition coefficient (Wildman–Crippen LogP) is 5.59. The van der Waals surface area contributed by atoms with E-state index in [0.29, 0.717) is 5.82 Å². The molecule has 1 N–H and O–H groups in total. The lowest BCUT2D eigenvalue weighted by Gasteiger charge is -2.42. The fraction of sp³-hybridized carbons (Fsp3) is 0.375. The lowest BCUT2D eigenvalue weighted by molar-refractivity contribution is 0.331. The number of H-pyrrole nitrogens is 1. The van der Waals surface area contributed by atoms with Crippen molar-refractivity contribution >= 4 is 5.57 Å². The van der Waals surface area contributed by atoms with E-state index in [2.05, 4.69) is 86.1 Å². The lowest BCUT2D eigenvalue weighted by atomic mass is 9.62. The van der Waals surface area contributed by atoms with Crippen LogP contribution in [0.1, 0.15) is 68.4 Å². The summed E-state index contributed by atoms with van der Waals surface area (Å²) in [5.74, 6) is 0.672. The average Bonchev–Trinajstić information content (AvgIpc) is 3.20. The van der Waals surface area contributed by atoms with Gasteiger partial charge in [-0.2, -0.15) is 0 Å². The molecule has 0 unspecified atom stereocenters. The molecule has 0 atom stereocenters. The number of aromatic nitrogens is 4. The maximum atomic E-state index is 4.43. The Labute approximate surface area is 167 Å². The Morgan fingerprint density at radius 3 is 2.14 bits per heavy atom. The van der Waals surface area contributed by atoms with Crippen molar-refractivity contribution in [2.75, 3.05) is 0 Å². The second-order valence-electron chi connectivity index (χ2n) is 9.29. The highest BCUT2D eigenvalue weighted by Crippen LogP contribution is 2.47. The number of nitrogens with zero attached hydrogens (tertiary/aromatic N) is 3. The zero-order valence-electron chi connectivity index (χ0n) is 17.4. The third kappa shape index (κ3) is 3.07. The molecule has 4 rings (SSSR count). The molecule has 0 spiro atoms. The minimum Gasteiger partial charge on any atom is -0.239 e. The maximum absolute atomic E-state index is 4.43. The normalized spacial score (nSPS) is 17.2. The van der Waals surface area contributed by atoms with E-state index >= 15 is 0 Å². The number of aryl methyl sites for hydroxylation is 1. The van der Waals surface area contributed by atoms with Crippen molar-refractivity contribution in [3.05, 3.63) is 70.8 Å². The summed E-state index contributed by atoms with van der Waals surface area (Å²) < 4.78 is 0. The topological polar surface area (TPSA) is 54.5 Å². The Morgan fingerprint density at radius 2 is 1.57 bits per heavy atom. The predicted molar refractivity (Wildman–Crippen MR) is 114 cm³/mol. The molecule has 0 bridgehead atoms. The van der Waals surface area contributed by atoms with Gasteiger partial charge < -0.3 is 0 Å². The molecule has 2 aromatic carbocycles. The highest BCUT2D eigenvalue weighted by Gasteiger charge is 2.37. The van der Waals surface area contributed by atoms with Gasteiger partial charge in [0.25, 0.3) is 0 Å². The van der Waals surface area contributed by atoms with Gasteiger partial charge in [-0.25, -0.2) is 5.10 Å². The van der Waals surface area contributed by atoms with Gasteiger partial charge in [0.15, 0.2) is 5.82 Å². The van der Waals surface area contributed by atoms with E-state index in [1.807, 2.05) is 12.1 Å². The van der Waals surface area contributed by atoms with Gasteiger partial charge in [-0.15, -0.1) is 5.10 Å². The van der Waals surface area contributed by atoms with Crippen LogP contribution in [0, 0.1) is 6.92 Å². The van der Waals surface area contributed by atoms with Crippen LogP contribution in [0.25, 0.3) is 17.0 Å². The highest BCUT2D eigenvalue weighted by atomic mass is 15.5. The average molecular weight is 373 g/mol. The number of hydrogen-bond donors (Lipinski definition) is 1. The summed E-state index contributed by atoms with van der Waals surface area (Å²) in [4.78, 5) is 0. The molecule has 3 aromatic rings. The molecule has 144 valence electrons. The molecular formula is C24H28N4. The molecule has 1 aliphatic carbocycles. The van der Waals surface area contributed by atoms with Crippen LogP contribution in [0.5, 0.6) is 0 Å². The third-order valence-corrected chi connectivity index (χ3v) is 6.38. The molecular weight excluding hydrogens is 344 g/mol. The standard InChI is InChI=1S/C24H28N4/c1-15-13-20-21(24(5,6)12-11-23(20,3)4)14-19(15)16(2)17-7-9-18(10-8-17)22-25-27-28-26-22/h7-10,13-14H,2,11-12H2,1,3-6H3,(H,25,26,27,28). The highest BCUT2D eigenvalue weighted by molar-refractivity contribution is 5.81. The number of hydrogen-bond acceptors (Lipinski definition) is 3. The molecule has 0 amide bonds. The van der Waals surface area contributed by atoms with Crippen molar-refractivity contribution in [1.82, 2.24) is 20.6 Å². The maximum Gasteiger partial charge on any atom is 0.179 e. The Morgan fingerprint density at radius 1 is 0.964 bits per heavy atom. The van der Waals surface area contributed by atoms with Crippen molar-refractivity contribution in [3.8, 4) is 11.4 Å². The molecule has 4 heteroatoms. The number of nitrogens with one attached hydrogen (secondary N) is 1. The van der Waals surface area contributed by atoms with E-state index in [1.165, 1.54) is 35.1 Å². The van der Waals surface area contributed by atoms with E-state index in [4.69, 9.17) is 0 Å². The molecule has 0 aliphatic heterocycles. The summed E-state index contributed by atoms with van der Waals surface area (Å²) in [6.07, 6.45) is 2.44. The van der Waals surface area contributed by atoms with Crippen molar-refractivity contribution in [2.45, 2.75) is 58.3 Å². The molecule has 1 aliphatic rings. The van der Waals surface area contributed by atoms with Gasteiger partial charge in [-0.05, 0) is 74.4 Å². The Kier molecular flexibility index (Phi) is 4.25. The largest absolute Gasteiger partial charge is 0.239 e. The molecule has 0 saturated heterocycles. The first-order chi connectivity index (χ1) is 13.2. The number of rotatable bonds is 3. The second-order valence-corrected chi connectivity index (χ2v) is 9.29. The van der Waals surface area contributed by atoms with Gasteiger partial charge in [0.05, 0.1) is 0 Å². The molecule has 4 nitrogen and oxygen atoms in total. The first kappa shape index (κ1) is 18.6. The van der Waals surface area contributed by atoms with Gasteiger partial charge in [0.2, 0.25) is 0 Å². The van der Waals surface area contributed by atoms with E-state index in [-0.39, 0.29) is 10.8 Å². The smallest absolute Gasteiger partial charge is 0.179 e. The molecule has 1 aromatic heterocycles. The number of aromatic amines is 1. The van der Waals surface area contributed by atoms with Crippen molar-refractivity contribution in [3.63, 3.8) is 0 Å². The molecule has 0 fully saturated rings.